The predicted molar refractivity (Wildman–Crippen MR) is 73.4 cm³/mol. The molecule has 1 saturated heterocycles. The number of carbonyl (C=O) groups is 1. The summed E-state index contributed by atoms with van der Waals surface area (Å²) in [6.07, 6.45) is 0. The van der Waals surface area contributed by atoms with Crippen molar-refractivity contribution in [2.75, 3.05) is 20.2 Å². The van der Waals surface area contributed by atoms with Gasteiger partial charge in [0.25, 0.3) is 5.91 Å². The van der Waals surface area contributed by atoms with Crippen LogP contribution in [0.2, 0.25) is 0 Å². The Morgan fingerprint density at radius 1 is 1.53 bits per heavy atom. The molecule has 1 amide bonds. The molecule has 1 aromatic rings. The first-order valence-corrected chi connectivity index (χ1v) is 6.51. The first-order valence-electron chi connectivity index (χ1n) is 6.51. The summed E-state index contributed by atoms with van der Waals surface area (Å²) in [6, 6.07) is 5.53. The number of likely N-dealkylation sites (tertiary alicyclic amines) is 1. The van der Waals surface area contributed by atoms with Gasteiger partial charge in [-0.2, -0.15) is 0 Å². The third-order valence-electron chi connectivity index (χ3n) is 3.94. The Kier molecular flexibility index (Phi) is 3.54. The van der Waals surface area contributed by atoms with Crippen LogP contribution in [0.4, 0.5) is 0 Å². The lowest BCUT2D eigenvalue weighted by molar-refractivity contribution is 0.0351. The lowest BCUT2D eigenvalue weighted by Crippen LogP contribution is -2.35. The van der Waals surface area contributed by atoms with E-state index >= 15 is 0 Å². The van der Waals surface area contributed by atoms with Crippen LogP contribution in [-0.2, 0) is 0 Å². The van der Waals surface area contributed by atoms with Crippen LogP contribution in [0.1, 0.15) is 29.8 Å². The van der Waals surface area contributed by atoms with Crippen LogP contribution < -0.4 is 4.74 Å². The monoisotopic (exact) mass is 263 g/mol. The molecule has 1 N–H and O–H groups in total. The number of nitrogens with zero attached hydrogens (tertiary/aromatic N) is 1. The van der Waals surface area contributed by atoms with Crippen molar-refractivity contribution in [1.29, 1.82) is 0 Å². The highest BCUT2D eigenvalue weighted by atomic mass is 16.5. The average molecular weight is 263 g/mol. The molecule has 1 aliphatic heterocycles. The molecule has 0 unspecified atom stereocenters. The maximum atomic E-state index is 12.5. The van der Waals surface area contributed by atoms with E-state index in [1.54, 1.807) is 25.0 Å². The summed E-state index contributed by atoms with van der Waals surface area (Å²) in [5, 5.41) is 10.2. The number of hydrogen-bond acceptors (Lipinski definition) is 3. The van der Waals surface area contributed by atoms with Crippen LogP contribution in [0.5, 0.6) is 5.75 Å². The number of hydrogen-bond donors (Lipinski definition) is 1. The molecule has 0 aliphatic carbocycles. The van der Waals surface area contributed by atoms with Gasteiger partial charge < -0.3 is 14.7 Å². The molecule has 1 aromatic carbocycles. The summed E-state index contributed by atoms with van der Waals surface area (Å²) >= 11 is 0. The molecule has 0 aromatic heterocycles. The molecule has 1 heterocycles. The normalized spacial score (nSPS) is 26.6. The molecule has 0 bridgehead atoms. The highest BCUT2D eigenvalue weighted by molar-refractivity contribution is 5.97. The second-order valence-corrected chi connectivity index (χ2v) is 5.65. The van der Waals surface area contributed by atoms with E-state index in [9.17, 15) is 9.90 Å². The van der Waals surface area contributed by atoms with E-state index < -0.39 is 5.60 Å². The number of aryl methyl sites for hydroxylation is 1. The minimum absolute atomic E-state index is 0.0768. The fourth-order valence-corrected chi connectivity index (χ4v) is 2.43. The molecule has 0 saturated carbocycles. The van der Waals surface area contributed by atoms with Crippen LogP contribution in [0.25, 0.3) is 0 Å². The van der Waals surface area contributed by atoms with Crippen molar-refractivity contribution >= 4 is 5.91 Å². The highest BCUT2D eigenvalue weighted by Crippen LogP contribution is 2.30. The van der Waals surface area contributed by atoms with Gasteiger partial charge in [-0.05, 0) is 31.5 Å². The van der Waals surface area contributed by atoms with E-state index in [2.05, 4.69) is 0 Å². The van der Waals surface area contributed by atoms with Gasteiger partial charge in [0.2, 0.25) is 0 Å². The van der Waals surface area contributed by atoms with E-state index in [4.69, 9.17) is 4.74 Å². The minimum atomic E-state index is -0.812. The van der Waals surface area contributed by atoms with Crippen molar-refractivity contribution in [3.63, 3.8) is 0 Å². The fraction of sp³-hybridized carbons (Fsp3) is 0.533. The number of benzene rings is 1. The summed E-state index contributed by atoms with van der Waals surface area (Å²) in [6.45, 7) is 6.63. The van der Waals surface area contributed by atoms with Gasteiger partial charge in [-0.3, -0.25) is 4.79 Å². The molecule has 104 valence electrons. The molecule has 2 atom stereocenters. The number of ether oxygens (including phenoxy) is 1. The van der Waals surface area contributed by atoms with Crippen LogP contribution in [0, 0.1) is 12.8 Å². The SMILES string of the molecule is COc1cc(C)ccc1C(=O)N1C[C@@H](C)[C@@](C)(O)C1. The summed E-state index contributed by atoms with van der Waals surface area (Å²) in [5.41, 5.74) is 0.793. The zero-order valence-electron chi connectivity index (χ0n) is 11.9. The number of carbonyl (C=O) groups excluding carboxylic acids is 1. The van der Waals surface area contributed by atoms with Crippen molar-refractivity contribution in [2.45, 2.75) is 26.4 Å². The maximum absolute atomic E-state index is 12.5. The van der Waals surface area contributed by atoms with Gasteiger partial charge in [-0.1, -0.05) is 13.0 Å². The summed E-state index contributed by atoms with van der Waals surface area (Å²) < 4.78 is 5.28. The first kappa shape index (κ1) is 13.9. The Balaban J connectivity index is 2.26. The van der Waals surface area contributed by atoms with E-state index in [1.807, 2.05) is 26.0 Å². The maximum Gasteiger partial charge on any atom is 0.257 e. The molecule has 1 fully saturated rings. The topological polar surface area (TPSA) is 49.8 Å². The minimum Gasteiger partial charge on any atom is -0.496 e. The second-order valence-electron chi connectivity index (χ2n) is 5.65. The van der Waals surface area contributed by atoms with Gasteiger partial charge in [0.1, 0.15) is 5.75 Å². The average Bonchev–Trinajstić information content (AvgIpc) is 2.63. The fourth-order valence-electron chi connectivity index (χ4n) is 2.43. The van der Waals surface area contributed by atoms with Crippen LogP contribution in [-0.4, -0.2) is 41.7 Å². The Morgan fingerprint density at radius 3 is 2.74 bits per heavy atom. The second kappa shape index (κ2) is 4.85. The smallest absolute Gasteiger partial charge is 0.257 e. The van der Waals surface area contributed by atoms with Crippen molar-refractivity contribution in [3.05, 3.63) is 29.3 Å². The van der Waals surface area contributed by atoms with Crippen molar-refractivity contribution < 1.29 is 14.6 Å². The molecule has 4 nitrogen and oxygen atoms in total. The predicted octanol–water partition coefficient (Wildman–Crippen LogP) is 1.85. The summed E-state index contributed by atoms with van der Waals surface area (Å²) in [4.78, 5) is 14.2. The number of rotatable bonds is 2. The van der Waals surface area contributed by atoms with Gasteiger partial charge in [0, 0.05) is 19.0 Å². The first-order chi connectivity index (χ1) is 8.85. The number of methoxy groups -OCH3 is 1. The Labute approximate surface area is 114 Å². The Bertz CT molecular complexity index is 496. The van der Waals surface area contributed by atoms with Crippen molar-refractivity contribution in [2.24, 2.45) is 5.92 Å². The van der Waals surface area contributed by atoms with Gasteiger partial charge in [0.05, 0.1) is 18.3 Å². The van der Waals surface area contributed by atoms with E-state index in [-0.39, 0.29) is 11.8 Å². The zero-order valence-corrected chi connectivity index (χ0v) is 11.9. The van der Waals surface area contributed by atoms with Crippen molar-refractivity contribution in [3.8, 4) is 5.75 Å². The van der Waals surface area contributed by atoms with Crippen LogP contribution >= 0.6 is 0 Å². The van der Waals surface area contributed by atoms with E-state index in [1.165, 1.54) is 0 Å². The molecule has 0 spiro atoms. The molecule has 19 heavy (non-hydrogen) atoms. The lowest BCUT2D eigenvalue weighted by atomic mass is 9.95. The van der Waals surface area contributed by atoms with E-state index in [0.717, 1.165) is 5.56 Å². The van der Waals surface area contributed by atoms with Gasteiger partial charge in [0.15, 0.2) is 0 Å². The molecular formula is C15H21NO3. The summed E-state index contributed by atoms with van der Waals surface area (Å²) in [5.74, 6) is 0.582. The number of aliphatic hydroxyl groups is 1. The zero-order chi connectivity index (χ0) is 14.2. The Hall–Kier alpha value is -1.55. The number of β-amino-alcohol motifs (C(OH)–C–C–N with tert-alkyl or cyclic N) is 1. The molecule has 2 rings (SSSR count). The molecule has 4 heteroatoms. The molecular weight excluding hydrogens is 242 g/mol. The van der Waals surface area contributed by atoms with Crippen LogP contribution in [0.3, 0.4) is 0 Å². The molecule has 1 aliphatic rings. The largest absolute Gasteiger partial charge is 0.496 e. The van der Waals surface area contributed by atoms with E-state index in [0.29, 0.717) is 24.4 Å². The quantitative estimate of drug-likeness (QED) is 0.886. The lowest BCUT2D eigenvalue weighted by Gasteiger charge is -2.21. The van der Waals surface area contributed by atoms with Gasteiger partial charge in [-0.25, -0.2) is 0 Å². The van der Waals surface area contributed by atoms with Gasteiger partial charge >= 0.3 is 0 Å². The third kappa shape index (κ3) is 2.59. The Morgan fingerprint density at radius 2 is 2.21 bits per heavy atom. The highest BCUT2D eigenvalue weighted by Gasteiger charge is 2.41. The van der Waals surface area contributed by atoms with Crippen LogP contribution in [0.15, 0.2) is 18.2 Å². The number of amides is 1. The van der Waals surface area contributed by atoms with Crippen molar-refractivity contribution in [1.82, 2.24) is 4.90 Å². The standard InChI is InChI=1S/C15H21NO3/c1-10-5-6-12(13(7-10)19-4)14(17)16-8-11(2)15(3,18)9-16/h5-7,11,18H,8-9H2,1-4H3/t11-,15+/m1/s1. The molecule has 0 radical (unpaired) electrons. The van der Waals surface area contributed by atoms with Gasteiger partial charge in [-0.15, -0.1) is 0 Å². The third-order valence-corrected chi connectivity index (χ3v) is 3.94. The summed E-state index contributed by atoms with van der Waals surface area (Å²) in [7, 11) is 1.56.